The van der Waals surface area contributed by atoms with Gasteiger partial charge in [0, 0.05) is 0 Å². The highest BCUT2D eigenvalue weighted by atomic mass is 19.4. The highest BCUT2D eigenvalue weighted by Gasteiger charge is 2.32. The minimum Gasteiger partial charge on any atom is -0.404 e. The smallest absolute Gasteiger partial charge is 0.404 e. The number of nitriles is 1. The molecule has 15 heavy (non-hydrogen) atoms. The van der Waals surface area contributed by atoms with Crippen LogP contribution in [0, 0.1) is 25.2 Å². The number of aryl methyl sites for hydroxylation is 2. The van der Waals surface area contributed by atoms with Gasteiger partial charge in [0.15, 0.2) is 5.75 Å². The van der Waals surface area contributed by atoms with Crippen molar-refractivity contribution in [1.29, 1.82) is 5.26 Å². The first-order valence-electron chi connectivity index (χ1n) is 3.97. The van der Waals surface area contributed by atoms with Crippen LogP contribution in [-0.4, -0.2) is 11.3 Å². The van der Waals surface area contributed by atoms with Crippen LogP contribution < -0.4 is 4.74 Å². The summed E-state index contributed by atoms with van der Waals surface area (Å²) in [5.41, 5.74) is 0.485. The van der Waals surface area contributed by atoms with Crippen molar-refractivity contribution in [3.8, 4) is 11.8 Å². The molecule has 0 bridgehead atoms. The summed E-state index contributed by atoms with van der Waals surface area (Å²) >= 11 is 0. The summed E-state index contributed by atoms with van der Waals surface area (Å²) in [6.45, 7) is 2.84. The largest absolute Gasteiger partial charge is 0.573 e. The van der Waals surface area contributed by atoms with E-state index in [1.165, 1.54) is 13.8 Å². The van der Waals surface area contributed by atoms with Crippen molar-refractivity contribution in [3.63, 3.8) is 0 Å². The Labute approximate surface area is 84.1 Å². The Morgan fingerprint density at radius 2 is 2.00 bits per heavy atom. The number of aromatic nitrogens is 1. The number of nitrogens with zero attached hydrogens (tertiary/aromatic N) is 2. The highest BCUT2D eigenvalue weighted by molar-refractivity contribution is 5.39. The molecule has 1 heterocycles. The van der Waals surface area contributed by atoms with E-state index in [1.807, 2.05) is 0 Å². The average Bonchev–Trinajstić information content (AvgIpc) is 2.08. The molecule has 0 saturated carbocycles. The quantitative estimate of drug-likeness (QED) is 0.724. The molecule has 0 amide bonds. The molecule has 1 rings (SSSR count). The van der Waals surface area contributed by atoms with Crippen LogP contribution in [0.4, 0.5) is 13.2 Å². The van der Waals surface area contributed by atoms with Crippen molar-refractivity contribution < 1.29 is 17.9 Å². The molecule has 1 aromatic heterocycles. The molecule has 0 unspecified atom stereocenters. The van der Waals surface area contributed by atoms with Gasteiger partial charge in [0.1, 0.15) is 11.8 Å². The zero-order valence-corrected chi connectivity index (χ0v) is 8.01. The maximum absolute atomic E-state index is 11.9. The van der Waals surface area contributed by atoms with Gasteiger partial charge in [-0.3, -0.25) is 0 Å². The first-order chi connectivity index (χ1) is 6.83. The van der Waals surface area contributed by atoms with E-state index in [0.717, 1.165) is 6.07 Å². The minimum absolute atomic E-state index is 0.0366. The van der Waals surface area contributed by atoms with Crippen LogP contribution >= 0.6 is 0 Å². The van der Waals surface area contributed by atoms with Crippen LogP contribution in [0.2, 0.25) is 0 Å². The third-order valence-electron chi connectivity index (χ3n) is 1.69. The molecule has 3 nitrogen and oxygen atoms in total. The molecule has 80 valence electrons. The van der Waals surface area contributed by atoms with Crippen molar-refractivity contribution in [2.24, 2.45) is 0 Å². The molecule has 0 aliphatic heterocycles. The number of alkyl halides is 3. The molecule has 0 saturated heterocycles. The van der Waals surface area contributed by atoms with Gasteiger partial charge in [0.2, 0.25) is 0 Å². The Balaban J connectivity index is 3.13. The van der Waals surface area contributed by atoms with Crippen LogP contribution in [0.5, 0.6) is 5.75 Å². The van der Waals surface area contributed by atoms with E-state index in [9.17, 15) is 13.2 Å². The Kier molecular flexibility index (Phi) is 2.84. The monoisotopic (exact) mass is 216 g/mol. The Bertz CT molecular complexity index is 421. The van der Waals surface area contributed by atoms with Gasteiger partial charge in [-0.15, -0.1) is 13.2 Å². The number of rotatable bonds is 1. The SMILES string of the molecule is Cc1cc(OC(F)(F)F)c(C)nc1C#N. The van der Waals surface area contributed by atoms with E-state index in [2.05, 4.69) is 9.72 Å². The van der Waals surface area contributed by atoms with Crippen LogP contribution in [0.3, 0.4) is 0 Å². The van der Waals surface area contributed by atoms with E-state index in [0.29, 0.717) is 5.56 Å². The van der Waals surface area contributed by atoms with Crippen molar-refractivity contribution >= 4 is 0 Å². The second-order valence-corrected chi connectivity index (χ2v) is 2.90. The number of hydrogen-bond donors (Lipinski definition) is 0. The Morgan fingerprint density at radius 1 is 1.40 bits per heavy atom. The molecule has 0 aromatic carbocycles. The summed E-state index contributed by atoms with van der Waals surface area (Å²) < 4.78 is 39.5. The van der Waals surface area contributed by atoms with E-state index in [4.69, 9.17) is 5.26 Å². The van der Waals surface area contributed by atoms with E-state index >= 15 is 0 Å². The fourth-order valence-corrected chi connectivity index (χ4v) is 1.02. The first kappa shape index (κ1) is 11.3. The maximum atomic E-state index is 11.9. The summed E-state index contributed by atoms with van der Waals surface area (Å²) in [4.78, 5) is 3.69. The predicted octanol–water partition coefficient (Wildman–Crippen LogP) is 2.47. The van der Waals surface area contributed by atoms with Gasteiger partial charge in [0.25, 0.3) is 0 Å². The van der Waals surface area contributed by atoms with E-state index < -0.39 is 6.36 Å². The molecule has 0 radical (unpaired) electrons. The lowest BCUT2D eigenvalue weighted by atomic mass is 10.2. The van der Waals surface area contributed by atoms with E-state index in [1.54, 1.807) is 6.07 Å². The van der Waals surface area contributed by atoms with Gasteiger partial charge >= 0.3 is 6.36 Å². The predicted molar refractivity (Wildman–Crippen MR) is 45.1 cm³/mol. The molecule has 0 N–H and O–H groups in total. The van der Waals surface area contributed by atoms with Gasteiger partial charge in [-0.25, -0.2) is 4.98 Å². The molecule has 0 aliphatic carbocycles. The lowest BCUT2D eigenvalue weighted by Crippen LogP contribution is -2.18. The van der Waals surface area contributed by atoms with Gasteiger partial charge in [-0.1, -0.05) is 0 Å². The lowest BCUT2D eigenvalue weighted by molar-refractivity contribution is -0.275. The minimum atomic E-state index is -4.74. The molecule has 0 fully saturated rings. The second kappa shape index (κ2) is 3.77. The Hall–Kier alpha value is -1.77. The fourth-order valence-electron chi connectivity index (χ4n) is 1.02. The topological polar surface area (TPSA) is 45.9 Å². The summed E-state index contributed by atoms with van der Waals surface area (Å²) in [6, 6.07) is 2.93. The van der Waals surface area contributed by atoms with Gasteiger partial charge in [-0.2, -0.15) is 5.26 Å². The van der Waals surface area contributed by atoms with Crippen molar-refractivity contribution in [2.45, 2.75) is 20.2 Å². The molecular formula is C9H7F3N2O. The number of ether oxygens (including phenoxy) is 1. The third-order valence-corrected chi connectivity index (χ3v) is 1.69. The normalized spacial score (nSPS) is 10.9. The van der Waals surface area contributed by atoms with Crippen LogP contribution in [0.25, 0.3) is 0 Å². The molecule has 1 aromatic rings. The highest BCUT2D eigenvalue weighted by Crippen LogP contribution is 2.26. The average molecular weight is 216 g/mol. The number of pyridine rings is 1. The van der Waals surface area contributed by atoms with Crippen LogP contribution in [0.15, 0.2) is 6.07 Å². The molecule has 0 spiro atoms. The second-order valence-electron chi connectivity index (χ2n) is 2.90. The summed E-state index contributed by atoms with van der Waals surface area (Å²) in [5, 5.41) is 8.59. The zero-order valence-electron chi connectivity index (χ0n) is 8.01. The molecule has 0 atom stereocenters. The van der Waals surface area contributed by atoms with Crippen LogP contribution in [-0.2, 0) is 0 Å². The Morgan fingerprint density at radius 3 is 2.47 bits per heavy atom. The summed E-state index contributed by atoms with van der Waals surface area (Å²) in [7, 11) is 0. The molecular weight excluding hydrogens is 209 g/mol. The van der Waals surface area contributed by atoms with Crippen molar-refractivity contribution in [1.82, 2.24) is 4.98 Å². The fraction of sp³-hybridized carbons (Fsp3) is 0.333. The number of halogens is 3. The van der Waals surface area contributed by atoms with Gasteiger partial charge < -0.3 is 4.74 Å². The first-order valence-corrected chi connectivity index (χ1v) is 3.97. The summed E-state index contributed by atoms with van der Waals surface area (Å²) in [6.07, 6.45) is -4.74. The summed E-state index contributed by atoms with van der Waals surface area (Å²) in [5.74, 6) is -0.376. The standard InChI is InChI=1S/C9H7F3N2O/c1-5-3-8(15-9(10,11)12)6(2)14-7(5)4-13/h3H,1-2H3. The van der Waals surface area contributed by atoms with Crippen LogP contribution in [0.1, 0.15) is 17.0 Å². The zero-order chi connectivity index (χ0) is 11.6. The molecule has 0 aliphatic rings. The van der Waals surface area contributed by atoms with Crippen molar-refractivity contribution in [2.75, 3.05) is 0 Å². The number of hydrogen-bond acceptors (Lipinski definition) is 3. The lowest BCUT2D eigenvalue weighted by Gasteiger charge is -2.11. The van der Waals surface area contributed by atoms with Gasteiger partial charge in [0.05, 0.1) is 5.69 Å². The third kappa shape index (κ3) is 2.84. The van der Waals surface area contributed by atoms with Gasteiger partial charge in [-0.05, 0) is 25.5 Å². The maximum Gasteiger partial charge on any atom is 0.573 e. The van der Waals surface area contributed by atoms with Crippen molar-refractivity contribution in [3.05, 3.63) is 23.0 Å². The molecule has 6 heteroatoms. The van der Waals surface area contributed by atoms with E-state index in [-0.39, 0.29) is 17.1 Å².